The van der Waals surface area contributed by atoms with Crippen molar-refractivity contribution in [1.82, 2.24) is 5.32 Å². The van der Waals surface area contributed by atoms with Crippen LogP contribution < -0.4 is 14.4 Å². The summed E-state index contributed by atoms with van der Waals surface area (Å²) in [6.07, 6.45) is 1.14. The second-order valence-electron chi connectivity index (χ2n) is 6.94. The van der Waals surface area contributed by atoms with Crippen molar-refractivity contribution in [3.63, 3.8) is 0 Å². The summed E-state index contributed by atoms with van der Waals surface area (Å²) in [7, 11) is -4.24. The van der Waals surface area contributed by atoms with Crippen LogP contribution in [0.15, 0.2) is 83.3 Å². The van der Waals surface area contributed by atoms with E-state index in [0.29, 0.717) is 5.02 Å². The van der Waals surface area contributed by atoms with Crippen molar-refractivity contribution in [3.8, 4) is 5.75 Å². The van der Waals surface area contributed by atoms with E-state index in [2.05, 4.69) is 5.32 Å². The van der Waals surface area contributed by atoms with Crippen LogP contribution in [0.5, 0.6) is 5.75 Å². The highest BCUT2D eigenvalue weighted by molar-refractivity contribution is 7.87. The third-order valence-corrected chi connectivity index (χ3v) is 6.54. The van der Waals surface area contributed by atoms with Crippen LogP contribution in [0.1, 0.15) is 5.56 Å². The molecule has 1 aliphatic rings. The molecule has 8 nitrogen and oxygen atoms in total. The highest BCUT2D eigenvalue weighted by atomic mass is 35.5. The Morgan fingerprint density at radius 2 is 1.50 bits per heavy atom. The van der Waals surface area contributed by atoms with Crippen molar-refractivity contribution in [2.45, 2.75) is 4.90 Å². The van der Waals surface area contributed by atoms with Crippen LogP contribution in [0.4, 0.5) is 10.5 Å². The van der Waals surface area contributed by atoms with E-state index in [1.165, 1.54) is 54.6 Å². The molecule has 1 N–H and O–H groups in total. The number of benzene rings is 3. The van der Waals surface area contributed by atoms with E-state index in [1.54, 1.807) is 18.2 Å². The molecule has 1 heterocycles. The average Bonchev–Trinajstić information content (AvgIpc) is 2.79. The number of hydrogen-bond donors (Lipinski definition) is 1. The van der Waals surface area contributed by atoms with E-state index in [9.17, 15) is 22.8 Å². The third-order valence-electron chi connectivity index (χ3n) is 4.72. The van der Waals surface area contributed by atoms with Crippen molar-refractivity contribution in [1.29, 1.82) is 0 Å². The van der Waals surface area contributed by atoms with Crippen LogP contribution in [0.3, 0.4) is 0 Å². The summed E-state index contributed by atoms with van der Waals surface area (Å²) in [6, 6.07) is 16.4. The quantitative estimate of drug-likeness (QED) is 0.305. The molecule has 0 spiro atoms. The molecule has 34 heavy (non-hydrogen) atoms. The first-order valence-electron chi connectivity index (χ1n) is 9.62. The summed E-state index contributed by atoms with van der Waals surface area (Å²) >= 11 is 11.9. The minimum atomic E-state index is -4.24. The van der Waals surface area contributed by atoms with Crippen molar-refractivity contribution in [2.75, 3.05) is 4.90 Å². The number of urea groups is 1. The Bertz CT molecular complexity index is 1450. The number of amides is 4. The maximum atomic E-state index is 13.1. The molecule has 1 aliphatic heterocycles. The molecule has 0 aromatic heterocycles. The molecule has 1 saturated heterocycles. The van der Waals surface area contributed by atoms with E-state index in [4.69, 9.17) is 27.4 Å². The van der Waals surface area contributed by atoms with Crippen molar-refractivity contribution in [2.24, 2.45) is 0 Å². The molecule has 172 valence electrons. The summed E-state index contributed by atoms with van der Waals surface area (Å²) in [5, 5.41) is 2.56. The van der Waals surface area contributed by atoms with Crippen LogP contribution in [-0.2, 0) is 19.7 Å². The SMILES string of the molecule is O=C1NC(=O)N(c2ccccc2Cl)C(=O)/C1=C/c1ccccc1OS(=O)(=O)c1ccc(Cl)cc1. The Labute approximate surface area is 204 Å². The van der Waals surface area contributed by atoms with Gasteiger partial charge in [0, 0.05) is 10.6 Å². The van der Waals surface area contributed by atoms with Gasteiger partial charge in [-0.25, -0.2) is 9.69 Å². The highest BCUT2D eigenvalue weighted by Gasteiger charge is 2.37. The molecule has 4 rings (SSSR count). The molecule has 3 aromatic carbocycles. The summed E-state index contributed by atoms with van der Waals surface area (Å²) in [6.45, 7) is 0. The Hall–Kier alpha value is -3.66. The normalized spacial score (nSPS) is 15.4. The molecule has 3 aromatic rings. The van der Waals surface area contributed by atoms with Crippen LogP contribution in [0.25, 0.3) is 6.08 Å². The minimum Gasteiger partial charge on any atom is -0.378 e. The highest BCUT2D eigenvalue weighted by Crippen LogP contribution is 2.30. The number of para-hydroxylation sites is 2. The fourth-order valence-corrected chi connectivity index (χ4v) is 4.41. The fourth-order valence-electron chi connectivity index (χ4n) is 3.11. The zero-order chi connectivity index (χ0) is 24.5. The Balaban J connectivity index is 1.72. The lowest BCUT2D eigenvalue weighted by molar-refractivity contribution is -0.122. The number of barbiturate groups is 1. The summed E-state index contributed by atoms with van der Waals surface area (Å²) in [5.41, 5.74) is -0.216. The first kappa shape index (κ1) is 23.5. The van der Waals surface area contributed by atoms with E-state index in [-0.39, 0.29) is 26.9 Å². The van der Waals surface area contributed by atoms with Gasteiger partial charge in [-0.2, -0.15) is 8.42 Å². The van der Waals surface area contributed by atoms with Crippen molar-refractivity contribution in [3.05, 3.63) is 94.0 Å². The first-order chi connectivity index (χ1) is 16.2. The number of nitrogens with zero attached hydrogens (tertiary/aromatic N) is 1. The van der Waals surface area contributed by atoms with E-state index >= 15 is 0 Å². The third kappa shape index (κ3) is 4.67. The Morgan fingerprint density at radius 1 is 0.853 bits per heavy atom. The standard InChI is InChI=1S/C23H14Cl2N2O6S/c24-15-9-11-16(12-10-15)34(31,32)33-20-8-4-1-5-14(20)13-17-21(28)26-23(30)27(22(17)29)19-7-3-2-6-18(19)25/h1-13H,(H,26,28,30)/b17-13+. The van der Waals surface area contributed by atoms with E-state index in [0.717, 1.165) is 11.0 Å². The smallest absolute Gasteiger partial charge is 0.339 e. The van der Waals surface area contributed by atoms with Crippen molar-refractivity contribution < 1.29 is 27.0 Å². The number of nitrogens with one attached hydrogen (secondary N) is 1. The number of anilines is 1. The van der Waals surface area contributed by atoms with Gasteiger partial charge in [-0.15, -0.1) is 0 Å². The second-order valence-corrected chi connectivity index (χ2v) is 9.33. The van der Waals surface area contributed by atoms with Gasteiger partial charge in [0.05, 0.1) is 10.7 Å². The van der Waals surface area contributed by atoms with Gasteiger partial charge in [0.25, 0.3) is 11.8 Å². The molecular formula is C23H14Cl2N2O6S. The van der Waals surface area contributed by atoms with E-state index < -0.39 is 33.5 Å². The number of carbonyl (C=O) groups is 3. The topological polar surface area (TPSA) is 110 Å². The van der Waals surface area contributed by atoms with Gasteiger partial charge in [-0.05, 0) is 48.5 Å². The lowest BCUT2D eigenvalue weighted by Crippen LogP contribution is -2.54. The lowest BCUT2D eigenvalue weighted by atomic mass is 10.1. The maximum absolute atomic E-state index is 13.1. The zero-order valence-electron chi connectivity index (χ0n) is 17.1. The molecule has 0 saturated carbocycles. The monoisotopic (exact) mass is 516 g/mol. The molecule has 11 heteroatoms. The zero-order valence-corrected chi connectivity index (χ0v) is 19.4. The van der Waals surface area contributed by atoms with Crippen LogP contribution in [0.2, 0.25) is 10.0 Å². The number of imide groups is 2. The molecule has 4 amide bonds. The molecule has 0 radical (unpaired) electrons. The van der Waals surface area contributed by atoms with Crippen LogP contribution in [0, 0.1) is 0 Å². The molecule has 0 unspecified atom stereocenters. The Morgan fingerprint density at radius 3 is 2.21 bits per heavy atom. The number of carbonyl (C=O) groups excluding carboxylic acids is 3. The first-order valence-corrected chi connectivity index (χ1v) is 11.8. The fraction of sp³-hybridized carbons (Fsp3) is 0. The van der Waals surface area contributed by atoms with Crippen LogP contribution >= 0.6 is 23.2 Å². The number of halogens is 2. The molecule has 0 aliphatic carbocycles. The molecular weight excluding hydrogens is 503 g/mol. The minimum absolute atomic E-state index is 0.0833. The second kappa shape index (κ2) is 9.30. The largest absolute Gasteiger partial charge is 0.378 e. The predicted molar refractivity (Wildman–Crippen MR) is 126 cm³/mol. The maximum Gasteiger partial charge on any atom is 0.339 e. The molecule has 0 atom stereocenters. The molecule has 1 fully saturated rings. The summed E-state index contributed by atoms with van der Waals surface area (Å²) < 4.78 is 30.7. The van der Waals surface area contributed by atoms with Gasteiger partial charge in [0.1, 0.15) is 16.2 Å². The van der Waals surface area contributed by atoms with Gasteiger partial charge in [-0.3, -0.25) is 14.9 Å². The number of hydrogen-bond acceptors (Lipinski definition) is 6. The lowest BCUT2D eigenvalue weighted by Gasteiger charge is -2.27. The Kier molecular flexibility index (Phi) is 6.43. The summed E-state index contributed by atoms with van der Waals surface area (Å²) in [4.78, 5) is 38.5. The van der Waals surface area contributed by atoms with Gasteiger partial charge in [0.15, 0.2) is 0 Å². The van der Waals surface area contributed by atoms with Gasteiger partial charge < -0.3 is 4.18 Å². The van der Waals surface area contributed by atoms with Crippen LogP contribution in [-0.4, -0.2) is 26.3 Å². The molecule has 0 bridgehead atoms. The van der Waals surface area contributed by atoms with Gasteiger partial charge >= 0.3 is 16.1 Å². The van der Waals surface area contributed by atoms with Gasteiger partial charge in [0.2, 0.25) is 0 Å². The summed E-state index contributed by atoms with van der Waals surface area (Å²) in [5.74, 6) is -2.02. The average molecular weight is 517 g/mol. The van der Waals surface area contributed by atoms with Gasteiger partial charge in [-0.1, -0.05) is 53.5 Å². The predicted octanol–water partition coefficient (Wildman–Crippen LogP) is 4.43. The van der Waals surface area contributed by atoms with Crippen molar-refractivity contribution >= 4 is 62.9 Å². The van der Waals surface area contributed by atoms with E-state index in [1.807, 2.05) is 0 Å². The number of rotatable bonds is 5.